The van der Waals surface area contributed by atoms with Crippen molar-refractivity contribution in [2.45, 2.75) is 45.6 Å². The number of hydrogen-bond donors (Lipinski definition) is 3. The summed E-state index contributed by atoms with van der Waals surface area (Å²) < 4.78 is 0. The second kappa shape index (κ2) is 9.15. The maximum Gasteiger partial charge on any atom is 0.234 e. The van der Waals surface area contributed by atoms with E-state index in [0.717, 1.165) is 12.8 Å². The lowest BCUT2D eigenvalue weighted by Gasteiger charge is -2.14. The fraction of sp³-hybridized carbons (Fsp3) is 0.818. The van der Waals surface area contributed by atoms with E-state index in [0.29, 0.717) is 25.9 Å². The summed E-state index contributed by atoms with van der Waals surface area (Å²) in [6, 6.07) is 0.264. The summed E-state index contributed by atoms with van der Waals surface area (Å²) in [7, 11) is 0. The zero-order valence-corrected chi connectivity index (χ0v) is 10.2. The normalized spacial score (nSPS) is 10.4. The summed E-state index contributed by atoms with van der Waals surface area (Å²) in [5.74, 6) is -0.295. The van der Waals surface area contributed by atoms with Crippen LogP contribution in [-0.4, -0.2) is 30.9 Å². The number of nitrogens with two attached hydrogens (primary N) is 1. The summed E-state index contributed by atoms with van der Waals surface area (Å²) >= 11 is 0. The second-order valence-electron chi connectivity index (χ2n) is 3.83. The third kappa shape index (κ3) is 8.23. The topological polar surface area (TPSA) is 84.2 Å². The molecule has 5 heteroatoms. The molecule has 0 heterocycles. The van der Waals surface area contributed by atoms with E-state index in [4.69, 9.17) is 5.73 Å². The molecule has 0 atom stereocenters. The minimum Gasteiger partial charge on any atom is -0.370 e. The van der Waals surface area contributed by atoms with E-state index >= 15 is 0 Å². The number of carbonyl (C=O) groups excluding carboxylic acids is 2. The lowest BCUT2D eigenvalue weighted by atomic mass is 10.2. The molecular weight excluding hydrogens is 206 g/mol. The Labute approximate surface area is 97.2 Å². The quantitative estimate of drug-likeness (QED) is 0.492. The predicted octanol–water partition coefficient (Wildman–Crippen LogP) is 0.146. The first-order chi connectivity index (χ1) is 7.60. The smallest absolute Gasteiger partial charge is 0.234 e. The molecule has 0 aromatic heterocycles. The van der Waals surface area contributed by atoms with E-state index < -0.39 is 0 Å². The SMILES string of the molecule is CCC(CC)NC(=O)CNCCCC(N)=O. The molecule has 0 unspecified atom stereocenters. The Kier molecular flexibility index (Phi) is 8.52. The van der Waals surface area contributed by atoms with E-state index in [1.807, 2.05) is 0 Å². The highest BCUT2D eigenvalue weighted by molar-refractivity contribution is 5.78. The van der Waals surface area contributed by atoms with Gasteiger partial charge in [-0.1, -0.05) is 13.8 Å². The van der Waals surface area contributed by atoms with Crippen molar-refractivity contribution in [1.82, 2.24) is 10.6 Å². The fourth-order valence-electron chi connectivity index (χ4n) is 1.36. The maximum atomic E-state index is 11.4. The van der Waals surface area contributed by atoms with Crippen molar-refractivity contribution in [3.05, 3.63) is 0 Å². The highest BCUT2D eigenvalue weighted by Crippen LogP contribution is 1.94. The molecule has 5 nitrogen and oxygen atoms in total. The average Bonchev–Trinajstić information content (AvgIpc) is 2.25. The van der Waals surface area contributed by atoms with E-state index in [9.17, 15) is 9.59 Å². The minimum atomic E-state index is -0.303. The van der Waals surface area contributed by atoms with E-state index in [1.54, 1.807) is 0 Å². The minimum absolute atomic E-state index is 0.00720. The van der Waals surface area contributed by atoms with Crippen LogP contribution in [0.3, 0.4) is 0 Å². The molecule has 0 fully saturated rings. The molecule has 4 N–H and O–H groups in total. The van der Waals surface area contributed by atoms with Gasteiger partial charge in [-0.25, -0.2) is 0 Å². The van der Waals surface area contributed by atoms with Crippen molar-refractivity contribution in [2.75, 3.05) is 13.1 Å². The average molecular weight is 229 g/mol. The Morgan fingerprint density at radius 1 is 1.25 bits per heavy atom. The lowest BCUT2D eigenvalue weighted by molar-refractivity contribution is -0.121. The van der Waals surface area contributed by atoms with Crippen molar-refractivity contribution in [3.8, 4) is 0 Å². The Bertz CT molecular complexity index is 215. The van der Waals surface area contributed by atoms with E-state index in [1.165, 1.54) is 0 Å². The molecule has 0 rings (SSSR count). The standard InChI is InChI=1S/C11H23N3O2/c1-3-9(4-2)14-11(16)8-13-7-5-6-10(12)15/h9,13H,3-8H2,1-2H3,(H2,12,15)(H,14,16). The zero-order valence-electron chi connectivity index (χ0n) is 10.2. The van der Waals surface area contributed by atoms with Crippen molar-refractivity contribution in [1.29, 1.82) is 0 Å². The van der Waals surface area contributed by atoms with Gasteiger partial charge in [0.2, 0.25) is 11.8 Å². The van der Waals surface area contributed by atoms with Crippen LogP contribution in [0.2, 0.25) is 0 Å². The van der Waals surface area contributed by atoms with Crippen molar-refractivity contribution < 1.29 is 9.59 Å². The number of rotatable bonds is 9. The lowest BCUT2D eigenvalue weighted by Crippen LogP contribution is -2.40. The number of hydrogen-bond acceptors (Lipinski definition) is 3. The van der Waals surface area contributed by atoms with Crippen LogP contribution < -0.4 is 16.4 Å². The molecule has 0 radical (unpaired) electrons. The van der Waals surface area contributed by atoms with Gasteiger partial charge < -0.3 is 16.4 Å². The van der Waals surface area contributed by atoms with Gasteiger partial charge in [-0.3, -0.25) is 9.59 Å². The predicted molar refractivity (Wildman–Crippen MR) is 63.8 cm³/mol. The van der Waals surface area contributed by atoms with Crippen LogP contribution in [0.15, 0.2) is 0 Å². The second-order valence-corrected chi connectivity index (χ2v) is 3.83. The van der Waals surface area contributed by atoms with Gasteiger partial charge in [-0.2, -0.15) is 0 Å². The molecule has 0 aromatic rings. The van der Waals surface area contributed by atoms with Crippen LogP contribution in [0.1, 0.15) is 39.5 Å². The van der Waals surface area contributed by atoms with Crippen molar-refractivity contribution >= 4 is 11.8 Å². The molecule has 0 saturated carbocycles. The van der Waals surface area contributed by atoms with Gasteiger partial charge in [0.15, 0.2) is 0 Å². The number of primary amides is 1. The molecule has 0 saturated heterocycles. The molecule has 94 valence electrons. The van der Waals surface area contributed by atoms with Gasteiger partial charge in [0.25, 0.3) is 0 Å². The first-order valence-corrected chi connectivity index (χ1v) is 5.88. The first-order valence-electron chi connectivity index (χ1n) is 5.88. The molecule has 0 spiro atoms. The third-order valence-corrected chi connectivity index (χ3v) is 2.41. The highest BCUT2D eigenvalue weighted by Gasteiger charge is 2.07. The Morgan fingerprint density at radius 3 is 2.38 bits per heavy atom. The summed E-state index contributed by atoms with van der Waals surface area (Å²) in [5, 5.41) is 5.90. The van der Waals surface area contributed by atoms with Crippen LogP contribution in [0.5, 0.6) is 0 Å². The van der Waals surface area contributed by atoms with Crippen LogP contribution >= 0.6 is 0 Å². The van der Waals surface area contributed by atoms with E-state index in [2.05, 4.69) is 24.5 Å². The van der Waals surface area contributed by atoms with Crippen LogP contribution in [-0.2, 0) is 9.59 Å². The monoisotopic (exact) mass is 229 g/mol. The van der Waals surface area contributed by atoms with Gasteiger partial charge in [-0.15, -0.1) is 0 Å². The van der Waals surface area contributed by atoms with Gasteiger partial charge in [-0.05, 0) is 25.8 Å². The zero-order chi connectivity index (χ0) is 12.4. The first kappa shape index (κ1) is 14.9. The molecule has 0 bridgehead atoms. The summed E-state index contributed by atoms with van der Waals surface area (Å²) in [6.07, 6.45) is 2.93. The molecule has 0 aliphatic rings. The molecule has 0 aliphatic carbocycles. The van der Waals surface area contributed by atoms with Gasteiger partial charge >= 0.3 is 0 Å². The number of amides is 2. The molecule has 0 aliphatic heterocycles. The van der Waals surface area contributed by atoms with Gasteiger partial charge in [0.1, 0.15) is 0 Å². The van der Waals surface area contributed by atoms with Crippen LogP contribution in [0.4, 0.5) is 0 Å². The summed E-state index contributed by atoms with van der Waals surface area (Å²) in [5.41, 5.74) is 4.99. The van der Waals surface area contributed by atoms with Crippen molar-refractivity contribution in [2.24, 2.45) is 5.73 Å². The van der Waals surface area contributed by atoms with Crippen molar-refractivity contribution in [3.63, 3.8) is 0 Å². The maximum absolute atomic E-state index is 11.4. The molecule has 16 heavy (non-hydrogen) atoms. The highest BCUT2D eigenvalue weighted by atomic mass is 16.2. The van der Waals surface area contributed by atoms with Crippen LogP contribution in [0, 0.1) is 0 Å². The molecule has 0 aromatic carbocycles. The molecule has 2 amide bonds. The fourth-order valence-corrected chi connectivity index (χ4v) is 1.36. The number of nitrogens with one attached hydrogen (secondary N) is 2. The summed E-state index contributed by atoms with van der Waals surface area (Å²) in [6.45, 7) is 5.04. The number of carbonyl (C=O) groups is 2. The van der Waals surface area contributed by atoms with Gasteiger partial charge in [0, 0.05) is 12.5 Å². The third-order valence-electron chi connectivity index (χ3n) is 2.41. The Hall–Kier alpha value is -1.10. The molecular formula is C11H23N3O2. The Morgan fingerprint density at radius 2 is 1.88 bits per heavy atom. The summed E-state index contributed by atoms with van der Waals surface area (Å²) in [4.78, 5) is 21.8. The van der Waals surface area contributed by atoms with Crippen LogP contribution in [0.25, 0.3) is 0 Å². The largest absolute Gasteiger partial charge is 0.370 e. The van der Waals surface area contributed by atoms with E-state index in [-0.39, 0.29) is 17.9 Å². The van der Waals surface area contributed by atoms with Gasteiger partial charge in [0.05, 0.1) is 6.54 Å². The Balaban J connectivity index is 3.46.